The van der Waals surface area contributed by atoms with E-state index in [1.54, 1.807) is 6.92 Å². The van der Waals surface area contributed by atoms with Crippen LogP contribution in [-0.4, -0.2) is 12.3 Å². The molecule has 2 N–H and O–H groups in total. The molecule has 0 aliphatic heterocycles. The van der Waals surface area contributed by atoms with Gasteiger partial charge in [0.25, 0.3) is 0 Å². The minimum atomic E-state index is -0.573. The van der Waals surface area contributed by atoms with Crippen LogP contribution in [0.25, 0.3) is 0 Å². The Bertz CT molecular complexity index is 344. The monoisotopic (exact) mass is 219 g/mol. The van der Waals surface area contributed by atoms with Gasteiger partial charge >= 0.3 is 0 Å². The van der Waals surface area contributed by atoms with Crippen LogP contribution in [0, 0.1) is 12.7 Å². The van der Waals surface area contributed by atoms with Crippen LogP contribution in [0.4, 0.5) is 4.39 Å². The molecule has 0 aromatic heterocycles. The van der Waals surface area contributed by atoms with Gasteiger partial charge < -0.3 is 9.94 Å². The molecule has 0 fully saturated rings. The summed E-state index contributed by atoms with van der Waals surface area (Å²) >= 11 is 5.64. The highest BCUT2D eigenvalue weighted by molar-refractivity contribution is 6.30. The van der Waals surface area contributed by atoms with E-state index in [9.17, 15) is 4.39 Å². The molecule has 0 bridgehead atoms. The van der Waals surface area contributed by atoms with Gasteiger partial charge in [-0.3, -0.25) is 0 Å². The van der Waals surface area contributed by atoms with Crippen molar-refractivity contribution in [3.63, 3.8) is 0 Å². The number of halogens is 2. The Balaban J connectivity index is 3.32. The van der Waals surface area contributed by atoms with E-state index < -0.39 is 5.82 Å². The number of hydrogen-bond donors (Lipinski definition) is 2. The van der Waals surface area contributed by atoms with Gasteiger partial charge in [-0.05, 0) is 18.6 Å². The summed E-state index contributed by atoms with van der Waals surface area (Å²) in [5.74, 6) is -0.177. The van der Waals surface area contributed by atoms with Crippen LogP contribution in [0.5, 0.6) is 5.75 Å². The molecule has 5 heteroatoms. The van der Waals surface area contributed by atoms with Gasteiger partial charge in [0, 0.05) is 5.56 Å². The Morgan fingerprint density at radius 1 is 1.64 bits per heavy atom. The molecule has 1 rings (SSSR count). The Labute approximate surface area is 86.4 Å². The lowest BCUT2D eigenvalue weighted by Crippen LogP contribution is -2.10. The molecular weight excluding hydrogens is 209 g/mol. The molecular formula is C9H11ClFNO2. The lowest BCUT2D eigenvalue weighted by atomic mass is 10.1. The Morgan fingerprint density at radius 3 is 2.79 bits per heavy atom. The fourth-order valence-corrected chi connectivity index (χ4v) is 1.60. The number of hydrogen-bond acceptors (Lipinski definition) is 3. The summed E-state index contributed by atoms with van der Waals surface area (Å²) in [6.07, 6.45) is 0. The summed E-state index contributed by atoms with van der Waals surface area (Å²) in [4.78, 5) is 0. The summed E-state index contributed by atoms with van der Waals surface area (Å²) in [6.45, 7) is 1.71. The maximum atomic E-state index is 13.5. The topological polar surface area (TPSA) is 41.5 Å². The smallest absolute Gasteiger partial charge is 0.150 e. The number of ether oxygens (including phenoxy) is 1. The summed E-state index contributed by atoms with van der Waals surface area (Å²) in [5, 5.41) is 8.55. The predicted octanol–water partition coefficient (Wildman–Crippen LogP) is 2.27. The van der Waals surface area contributed by atoms with Crippen molar-refractivity contribution in [2.24, 2.45) is 0 Å². The van der Waals surface area contributed by atoms with Crippen LogP contribution in [-0.2, 0) is 6.54 Å². The molecule has 0 aliphatic carbocycles. The largest absolute Gasteiger partial charge is 0.496 e. The fourth-order valence-electron chi connectivity index (χ4n) is 1.32. The van der Waals surface area contributed by atoms with E-state index in [1.807, 2.05) is 5.48 Å². The molecule has 0 radical (unpaired) electrons. The SMILES string of the molecule is COc1c(C)cc(Cl)c(F)c1CNO. The molecule has 1 aromatic rings. The van der Waals surface area contributed by atoms with Crippen LogP contribution in [0.3, 0.4) is 0 Å². The number of rotatable bonds is 3. The van der Waals surface area contributed by atoms with Gasteiger partial charge in [0.2, 0.25) is 0 Å². The van der Waals surface area contributed by atoms with Crippen molar-refractivity contribution < 1.29 is 14.3 Å². The number of aryl methyl sites for hydroxylation is 1. The zero-order chi connectivity index (χ0) is 10.7. The van der Waals surface area contributed by atoms with Gasteiger partial charge in [0.15, 0.2) is 0 Å². The van der Waals surface area contributed by atoms with Crippen LogP contribution in [0.1, 0.15) is 11.1 Å². The molecule has 3 nitrogen and oxygen atoms in total. The van der Waals surface area contributed by atoms with Gasteiger partial charge in [-0.1, -0.05) is 11.6 Å². The average molecular weight is 220 g/mol. The van der Waals surface area contributed by atoms with E-state index in [2.05, 4.69) is 0 Å². The molecule has 0 unspecified atom stereocenters. The third kappa shape index (κ3) is 1.97. The van der Waals surface area contributed by atoms with Crippen molar-refractivity contribution in [1.82, 2.24) is 5.48 Å². The highest BCUT2D eigenvalue weighted by Gasteiger charge is 2.15. The predicted molar refractivity (Wildman–Crippen MR) is 51.3 cm³/mol. The first-order valence-corrected chi connectivity index (χ1v) is 4.38. The van der Waals surface area contributed by atoms with E-state index in [0.717, 1.165) is 5.56 Å². The Kier molecular flexibility index (Phi) is 3.69. The summed E-state index contributed by atoms with van der Waals surface area (Å²) in [6, 6.07) is 1.48. The molecule has 0 amide bonds. The van der Waals surface area contributed by atoms with Gasteiger partial charge in [-0.15, -0.1) is 0 Å². The van der Waals surface area contributed by atoms with Crippen LogP contribution >= 0.6 is 11.6 Å². The first-order chi connectivity index (χ1) is 6.61. The van der Waals surface area contributed by atoms with Gasteiger partial charge in [-0.25, -0.2) is 9.87 Å². The molecule has 78 valence electrons. The quantitative estimate of drug-likeness (QED) is 0.767. The van der Waals surface area contributed by atoms with Crippen molar-refractivity contribution in [3.05, 3.63) is 28.0 Å². The Hall–Kier alpha value is -0.840. The third-order valence-electron chi connectivity index (χ3n) is 1.91. The van der Waals surface area contributed by atoms with Crippen molar-refractivity contribution in [1.29, 1.82) is 0 Å². The van der Waals surface area contributed by atoms with Gasteiger partial charge in [0.1, 0.15) is 11.6 Å². The van der Waals surface area contributed by atoms with Crippen molar-refractivity contribution in [2.75, 3.05) is 7.11 Å². The second kappa shape index (κ2) is 4.59. The van der Waals surface area contributed by atoms with Crippen LogP contribution in [0.15, 0.2) is 6.07 Å². The fraction of sp³-hybridized carbons (Fsp3) is 0.333. The molecule has 0 heterocycles. The number of benzene rings is 1. The standard InChI is InChI=1S/C9H11ClFNO2/c1-5-3-7(10)8(11)6(4-12-13)9(5)14-2/h3,12-13H,4H2,1-2H3. The maximum absolute atomic E-state index is 13.5. The molecule has 0 saturated heterocycles. The lowest BCUT2D eigenvalue weighted by Gasteiger charge is -2.12. The zero-order valence-electron chi connectivity index (χ0n) is 7.90. The first-order valence-electron chi connectivity index (χ1n) is 4.00. The van der Waals surface area contributed by atoms with Gasteiger partial charge in [-0.2, -0.15) is 0 Å². The van der Waals surface area contributed by atoms with Crippen molar-refractivity contribution in [3.8, 4) is 5.75 Å². The van der Waals surface area contributed by atoms with E-state index >= 15 is 0 Å². The van der Waals surface area contributed by atoms with E-state index in [0.29, 0.717) is 5.75 Å². The summed E-state index contributed by atoms with van der Waals surface area (Å²) in [5.41, 5.74) is 2.82. The number of nitrogens with one attached hydrogen (secondary N) is 1. The molecule has 0 saturated carbocycles. The number of methoxy groups -OCH3 is 1. The van der Waals surface area contributed by atoms with Crippen molar-refractivity contribution in [2.45, 2.75) is 13.5 Å². The first kappa shape index (κ1) is 11.2. The van der Waals surface area contributed by atoms with Gasteiger partial charge in [0.05, 0.1) is 18.7 Å². The minimum Gasteiger partial charge on any atom is -0.496 e. The molecule has 0 spiro atoms. The second-order valence-electron chi connectivity index (χ2n) is 2.84. The minimum absolute atomic E-state index is 0.0218. The van der Waals surface area contributed by atoms with E-state index in [4.69, 9.17) is 21.5 Å². The average Bonchev–Trinajstić information content (AvgIpc) is 2.14. The molecule has 0 aliphatic rings. The van der Waals surface area contributed by atoms with E-state index in [1.165, 1.54) is 13.2 Å². The van der Waals surface area contributed by atoms with Crippen LogP contribution in [0.2, 0.25) is 5.02 Å². The summed E-state index contributed by atoms with van der Waals surface area (Å²) in [7, 11) is 1.44. The normalized spacial score (nSPS) is 10.4. The second-order valence-corrected chi connectivity index (χ2v) is 3.24. The number of hydroxylamine groups is 1. The summed E-state index contributed by atoms with van der Waals surface area (Å²) < 4.78 is 18.5. The maximum Gasteiger partial charge on any atom is 0.150 e. The molecule has 14 heavy (non-hydrogen) atoms. The van der Waals surface area contributed by atoms with Crippen LogP contribution < -0.4 is 10.2 Å². The lowest BCUT2D eigenvalue weighted by molar-refractivity contribution is 0.158. The highest BCUT2D eigenvalue weighted by Crippen LogP contribution is 2.30. The Morgan fingerprint density at radius 2 is 2.29 bits per heavy atom. The zero-order valence-corrected chi connectivity index (χ0v) is 8.65. The van der Waals surface area contributed by atoms with E-state index in [-0.39, 0.29) is 17.1 Å². The highest BCUT2D eigenvalue weighted by atomic mass is 35.5. The molecule has 0 atom stereocenters. The van der Waals surface area contributed by atoms with Crippen molar-refractivity contribution >= 4 is 11.6 Å². The molecule has 1 aromatic carbocycles. The third-order valence-corrected chi connectivity index (χ3v) is 2.19.